The van der Waals surface area contributed by atoms with Crippen LogP contribution in [-0.2, 0) is 0 Å². The highest BCUT2D eigenvalue weighted by molar-refractivity contribution is 6.21. The van der Waals surface area contributed by atoms with E-state index in [1.54, 1.807) is 0 Å². The van der Waals surface area contributed by atoms with Crippen molar-refractivity contribution in [1.82, 2.24) is 0 Å². The first kappa shape index (κ1) is 25.8. The van der Waals surface area contributed by atoms with Crippen molar-refractivity contribution in [3.63, 3.8) is 0 Å². The third kappa shape index (κ3) is 4.54. The second-order valence-electron chi connectivity index (χ2n) is 11.1. The lowest BCUT2D eigenvalue weighted by molar-refractivity contribution is 1.30. The summed E-state index contributed by atoms with van der Waals surface area (Å²) in [5, 5.41) is 11.1. The highest BCUT2D eigenvalue weighted by atomic mass is 15.1. The molecule has 0 aliphatic heterocycles. The molecule has 0 fully saturated rings. The molecule has 44 heavy (non-hydrogen) atoms. The fraction of sp³-hybridized carbons (Fsp3) is 0. The summed E-state index contributed by atoms with van der Waals surface area (Å²) < 4.78 is 0. The molecule has 0 aliphatic rings. The third-order valence-corrected chi connectivity index (χ3v) is 8.38. The van der Waals surface area contributed by atoms with Gasteiger partial charge in [0.2, 0.25) is 0 Å². The van der Waals surface area contributed by atoms with Crippen LogP contribution in [-0.4, -0.2) is 0 Å². The van der Waals surface area contributed by atoms with Crippen LogP contribution in [0.3, 0.4) is 0 Å². The summed E-state index contributed by atoms with van der Waals surface area (Å²) in [5.41, 5.74) is 8.02. The Labute approximate surface area is 257 Å². The van der Waals surface area contributed by atoms with Crippen molar-refractivity contribution in [1.29, 1.82) is 0 Å². The zero-order valence-corrected chi connectivity index (χ0v) is 24.2. The topological polar surface area (TPSA) is 15.3 Å². The predicted octanol–water partition coefficient (Wildman–Crippen LogP) is 12.0. The van der Waals surface area contributed by atoms with Crippen molar-refractivity contribution in [3.8, 4) is 11.1 Å². The predicted molar refractivity (Wildman–Crippen MR) is 189 cm³/mol. The third-order valence-electron chi connectivity index (χ3n) is 8.38. The highest BCUT2D eigenvalue weighted by Gasteiger charge is 2.20. The van der Waals surface area contributed by atoms with Crippen molar-refractivity contribution >= 4 is 60.8 Å². The summed E-state index contributed by atoms with van der Waals surface area (Å²) >= 11 is 0. The summed E-state index contributed by atoms with van der Waals surface area (Å²) in [6, 6.07) is 62.7. The molecule has 0 saturated carbocycles. The molecule has 0 aliphatic carbocycles. The number of hydrogen-bond donors (Lipinski definition) is 1. The Morgan fingerprint density at radius 3 is 1.68 bits per heavy atom. The van der Waals surface area contributed by atoms with Gasteiger partial charge in [-0.15, -0.1) is 0 Å². The maximum Gasteiger partial charge on any atom is 0.0540 e. The first-order chi connectivity index (χ1) is 21.8. The van der Waals surface area contributed by atoms with E-state index in [0.29, 0.717) is 0 Å². The Kier molecular flexibility index (Phi) is 6.51. The zero-order chi connectivity index (χ0) is 29.3. The van der Waals surface area contributed by atoms with Crippen LogP contribution < -0.4 is 10.2 Å². The summed E-state index contributed by atoms with van der Waals surface area (Å²) in [6.45, 7) is 0. The highest BCUT2D eigenvalue weighted by Crippen LogP contribution is 2.46. The molecule has 8 aromatic rings. The van der Waals surface area contributed by atoms with Crippen molar-refractivity contribution in [2.24, 2.45) is 0 Å². The van der Waals surface area contributed by atoms with E-state index in [2.05, 4.69) is 186 Å². The molecule has 0 amide bonds. The molecular formula is C42H30N2. The van der Waals surface area contributed by atoms with Gasteiger partial charge in [-0.3, -0.25) is 0 Å². The molecule has 2 heteroatoms. The van der Waals surface area contributed by atoms with Crippen LogP contribution >= 0.6 is 0 Å². The fourth-order valence-electron chi connectivity index (χ4n) is 6.46. The van der Waals surface area contributed by atoms with E-state index >= 15 is 0 Å². The molecule has 0 saturated heterocycles. The van der Waals surface area contributed by atoms with E-state index in [1.165, 1.54) is 43.4 Å². The summed E-state index contributed by atoms with van der Waals surface area (Å²) in [5.74, 6) is 0. The van der Waals surface area contributed by atoms with E-state index in [4.69, 9.17) is 0 Å². The van der Waals surface area contributed by atoms with Crippen LogP contribution in [0.25, 0.3) is 43.4 Å². The average Bonchev–Trinajstić information content (AvgIpc) is 3.09. The molecule has 8 aromatic carbocycles. The van der Waals surface area contributed by atoms with Gasteiger partial charge in [0.1, 0.15) is 0 Å². The van der Waals surface area contributed by atoms with Gasteiger partial charge in [0.15, 0.2) is 0 Å². The van der Waals surface area contributed by atoms with E-state index in [1.807, 2.05) is 0 Å². The van der Waals surface area contributed by atoms with Crippen molar-refractivity contribution < 1.29 is 0 Å². The normalized spacial score (nSPS) is 11.2. The maximum absolute atomic E-state index is 3.73. The molecular weight excluding hydrogens is 532 g/mol. The zero-order valence-electron chi connectivity index (χ0n) is 24.2. The minimum absolute atomic E-state index is 1.07. The Hall–Kier alpha value is -5.86. The average molecular weight is 563 g/mol. The van der Waals surface area contributed by atoms with Crippen LogP contribution in [0.4, 0.5) is 28.4 Å². The first-order valence-electron chi connectivity index (χ1n) is 15.0. The Morgan fingerprint density at radius 2 is 0.977 bits per heavy atom. The molecule has 0 heterocycles. The quantitative estimate of drug-likeness (QED) is 0.203. The lowest BCUT2D eigenvalue weighted by atomic mass is 9.88. The smallest absolute Gasteiger partial charge is 0.0540 e. The number of nitrogens with one attached hydrogen (secondary N) is 1. The van der Waals surface area contributed by atoms with Crippen LogP contribution in [0.15, 0.2) is 176 Å². The number of fused-ring (bicyclic) bond motifs is 3. The van der Waals surface area contributed by atoms with Crippen LogP contribution in [0.1, 0.15) is 0 Å². The minimum Gasteiger partial charge on any atom is -0.355 e. The second kappa shape index (κ2) is 11.1. The number of para-hydroxylation sites is 3. The van der Waals surface area contributed by atoms with Crippen LogP contribution in [0.2, 0.25) is 0 Å². The molecule has 0 bridgehead atoms. The van der Waals surface area contributed by atoms with Gasteiger partial charge in [-0.25, -0.2) is 0 Å². The summed E-state index contributed by atoms with van der Waals surface area (Å²) in [6.07, 6.45) is 0. The van der Waals surface area contributed by atoms with Gasteiger partial charge >= 0.3 is 0 Å². The second-order valence-corrected chi connectivity index (χ2v) is 11.1. The number of hydrogen-bond acceptors (Lipinski definition) is 2. The van der Waals surface area contributed by atoms with E-state index < -0.39 is 0 Å². The molecule has 8 rings (SSSR count). The van der Waals surface area contributed by atoms with Crippen molar-refractivity contribution in [3.05, 3.63) is 176 Å². The molecule has 0 atom stereocenters. The van der Waals surface area contributed by atoms with Crippen LogP contribution in [0, 0.1) is 0 Å². The molecule has 2 nitrogen and oxygen atoms in total. The van der Waals surface area contributed by atoms with E-state index in [-0.39, 0.29) is 0 Å². The van der Waals surface area contributed by atoms with Gasteiger partial charge in [-0.05, 0) is 81.7 Å². The van der Waals surface area contributed by atoms with Gasteiger partial charge in [-0.1, -0.05) is 121 Å². The number of anilines is 5. The standard InChI is InChI=1S/C42H30N2/c1-4-17-32(18-5-1)43-39-26-14-16-31-29-30-15-10-11-23-35(30)42(41(31)39)38-27-28-40(37-25-13-12-24-36(37)38)44(33-19-6-2-7-20-33)34-21-8-3-9-22-34/h1-29,43H. The Bertz CT molecular complexity index is 2200. The minimum atomic E-state index is 1.07. The Balaban J connectivity index is 1.43. The van der Waals surface area contributed by atoms with Gasteiger partial charge in [0, 0.05) is 39.1 Å². The number of benzene rings is 8. The van der Waals surface area contributed by atoms with E-state index in [0.717, 1.165) is 28.4 Å². The summed E-state index contributed by atoms with van der Waals surface area (Å²) in [4.78, 5) is 2.36. The maximum atomic E-state index is 3.73. The van der Waals surface area contributed by atoms with Gasteiger partial charge < -0.3 is 10.2 Å². The van der Waals surface area contributed by atoms with Gasteiger partial charge in [0.25, 0.3) is 0 Å². The molecule has 0 aromatic heterocycles. The largest absolute Gasteiger partial charge is 0.355 e. The van der Waals surface area contributed by atoms with Crippen LogP contribution in [0.5, 0.6) is 0 Å². The van der Waals surface area contributed by atoms with E-state index in [9.17, 15) is 0 Å². The van der Waals surface area contributed by atoms with Gasteiger partial charge in [-0.2, -0.15) is 0 Å². The molecule has 0 radical (unpaired) electrons. The Morgan fingerprint density at radius 1 is 0.409 bits per heavy atom. The monoisotopic (exact) mass is 562 g/mol. The number of nitrogens with zero attached hydrogens (tertiary/aromatic N) is 1. The van der Waals surface area contributed by atoms with Gasteiger partial charge in [0.05, 0.1) is 5.69 Å². The molecule has 1 N–H and O–H groups in total. The number of rotatable bonds is 6. The fourth-order valence-corrected chi connectivity index (χ4v) is 6.46. The molecule has 0 spiro atoms. The van der Waals surface area contributed by atoms with Crippen molar-refractivity contribution in [2.45, 2.75) is 0 Å². The summed E-state index contributed by atoms with van der Waals surface area (Å²) in [7, 11) is 0. The van der Waals surface area contributed by atoms with Crippen molar-refractivity contribution in [2.75, 3.05) is 10.2 Å². The first-order valence-corrected chi connectivity index (χ1v) is 15.0. The lowest BCUT2D eigenvalue weighted by Gasteiger charge is -2.27. The lowest BCUT2D eigenvalue weighted by Crippen LogP contribution is -2.10. The molecule has 0 unspecified atom stereocenters. The molecule has 208 valence electrons. The SMILES string of the molecule is c1ccc(Nc2cccc3cc4ccccc4c(-c4ccc(N(c5ccccc5)c5ccccc5)c5ccccc45)c23)cc1.